The molecule has 21 heavy (non-hydrogen) atoms. The maximum Gasteiger partial charge on any atom is 0.190 e. The third-order valence-electron chi connectivity index (χ3n) is 3.10. The molecule has 0 fully saturated rings. The van der Waals surface area contributed by atoms with Crippen LogP contribution in [0.25, 0.3) is 22.4 Å². The highest BCUT2D eigenvalue weighted by molar-refractivity contribution is 6.33. The fraction of sp³-hybridized carbons (Fsp3) is 0. The molecule has 3 rings (SSSR count). The second-order valence-electron chi connectivity index (χ2n) is 4.38. The predicted molar refractivity (Wildman–Crippen MR) is 79.5 cm³/mol. The summed E-state index contributed by atoms with van der Waals surface area (Å²) in [5.74, 6) is -0.468. The molecular formula is C14H10ClFN4O. The van der Waals surface area contributed by atoms with Crippen molar-refractivity contribution in [1.29, 1.82) is 0 Å². The number of nitrogens with one attached hydrogen (secondary N) is 2. The van der Waals surface area contributed by atoms with Crippen molar-refractivity contribution in [3.05, 3.63) is 57.7 Å². The average molecular weight is 305 g/mol. The number of hydrogen-bond acceptors (Lipinski definition) is 3. The van der Waals surface area contributed by atoms with Gasteiger partial charge in [-0.05, 0) is 12.1 Å². The summed E-state index contributed by atoms with van der Waals surface area (Å²) >= 11 is 6.07. The summed E-state index contributed by atoms with van der Waals surface area (Å²) < 4.78 is 14.1. The van der Waals surface area contributed by atoms with E-state index in [9.17, 15) is 9.18 Å². The van der Waals surface area contributed by atoms with Gasteiger partial charge in [0.05, 0.1) is 21.8 Å². The number of nitrogens with zero attached hydrogens (tertiary/aromatic N) is 1. The zero-order chi connectivity index (χ0) is 15.0. The van der Waals surface area contributed by atoms with Crippen molar-refractivity contribution in [3.63, 3.8) is 0 Å². The minimum Gasteiger partial charge on any atom is -0.382 e. The molecule has 0 spiro atoms. The van der Waals surface area contributed by atoms with E-state index >= 15 is 0 Å². The van der Waals surface area contributed by atoms with E-state index in [0.717, 1.165) is 0 Å². The number of anilines is 1. The number of nitrogens with two attached hydrogens (primary N) is 1. The van der Waals surface area contributed by atoms with Gasteiger partial charge in [-0.2, -0.15) is 5.10 Å². The van der Waals surface area contributed by atoms with Crippen LogP contribution in [0.4, 0.5) is 10.2 Å². The molecule has 0 saturated carbocycles. The number of pyridine rings is 1. The van der Waals surface area contributed by atoms with E-state index in [1.807, 2.05) is 0 Å². The molecule has 0 bridgehead atoms. The quantitative estimate of drug-likeness (QED) is 0.680. The van der Waals surface area contributed by atoms with Gasteiger partial charge < -0.3 is 10.7 Å². The van der Waals surface area contributed by atoms with Gasteiger partial charge >= 0.3 is 0 Å². The molecule has 0 aliphatic carbocycles. The van der Waals surface area contributed by atoms with Crippen LogP contribution in [0.5, 0.6) is 0 Å². The molecule has 3 aromatic rings. The second-order valence-corrected chi connectivity index (χ2v) is 4.78. The lowest BCUT2D eigenvalue weighted by molar-refractivity contribution is 0.631. The van der Waals surface area contributed by atoms with Crippen LogP contribution in [0.15, 0.2) is 41.5 Å². The lowest BCUT2D eigenvalue weighted by Crippen LogP contribution is -2.04. The Bertz CT molecular complexity index is 851. The largest absolute Gasteiger partial charge is 0.382 e. The molecule has 2 heterocycles. The summed E-state index contributed by atoms with van der Waals surface area (Å²) in [5, 5.41) is 6.72. The Morgan fingerprint density at radius 1 is 1.24 bits per heavy atom. The average Bonchev–Trinajstić information content (AvgIpc) is 2.81. The molecule has 0 saturated heterocycles. The lowest BCUT2D eigenvalue weighted by atomic mass is 10.0. The van der Waals surface area contributed by atoms with Gasteiger partial charge in [-0.1, -0.05) is 17.7 Å². The molecule has 7 heteroatoms. The Morgan fingerprint density at radius 2 is 2.05 bits per heavy atom. The lowest BCUT2D eigenvalue weighted by Gasteiger charge is -2.07. The SMILES string of the molecule is Nc1n[nH]c(-c2c[nH]ccc2=O)c1-c1c(F)cccc1Cl. The van der Waals surface area contributed by atoms with Crippen molar-refractivity contribution in [2.24, 2.45) is 0 Å². The van der Waals surface area contributed by atoms with Crippen LogP contribution < -0.4 is 11.2 Å². The van der Waals surface area contributed by atoms with Gasteiger partial charge in [0.25, 0.3) is 0 Å². The van der Waals surface area contributed by atoms with Gasteiger partial charge in [0.2, 0.25) is 0 Å². The van der Waals surface area contributed by atoms with Gasteiger partial charge in [0.15, 0.2) is 11.2 Å². The number of benzene rings is 1. The Balaban J connectivity index is 2.34. The Labute approximate surface area is 123 Å². The van der Waals surface area contributed by atoms with E-state index in [1.165, 1.54) is 30.6 Å². The highest BCUT2D eigenvalue weighted by atomic mass is 35.5. The molecule has 0 atom stereocenters. The predicted octanol–water partition coefficient (Wildman–Crippen LogP) is 2.81. The van der Waals surface area contributed by atoms with Gasteiger partial charge in [0, 0.05) is 24.0 Å². The normalized spacial score (nSPS) is 10.8. The van der Waals surface area contributed by atoms with Gasteiger partial charge in [0.1, 0.15) is 5.82 Å². The van der Waals surface area contributed by atoms with Crippen molar-refractivity contribution in [3.8, 4) is 22.4 Å². The topological polar surface area (TPSA) is 87.6 Å². The zero-order valence-electron chi connectivity index (χ0n) is 10.7. The number of nitrogen functional groups attached to an aromatic ring is 1. The summed E-state index contributed by atoms with van der Waals surface area (Å²) in [6.07, 6.45) is 2.99. The van der Waals surface area contributed by atoms with E-state index in [1.54, 1.807) is 6.07 Å². The minimum absolute atomic E-state index is 0.0697. The van der Waals surface area contributed by atoms with Crippen LogP contribution in [0.1, 0.15) is 0 Å². The summed E-state index contributed by atoms with van der Waals surface area (Å²) in [6, 6.07) is 5.67. The van der Waals surface area contributed by atoms with Gasteiger partial charge in [-0.25, -0.2) is 4.39 Å². The Hall–Kier alpha value is -2.60. The molecule has 4 N–H and O–H groups in total. The zero-order valence-corrected chi connectivity index (χ0v) is 11.4. The summed E-state index contributed by atoms with van der Waals surface area (Å²) in [5.41, 5.74) is 6.58. The van der Waals surface area contributed by atoms with Crippen molar-refractivity contribution < 1.29 is 4.39 Å². The monoisotopic (exact) mass is 304 g/mol. The molecule has 0 aliphatic heterocycles. The first-order chi connectivity index (χ1) is 10.1. The Kier molecular flexibility index (Phi) is 3.23. The molecule has 5 nitrogen and oxygen atoms in total. The first-order valence-corrected chi connectivity index (χ1v) is 6.43. The molecule has 106 valence electrons. The van der Waals surface area contributed by atoms with E-state index in [0.29, 0.717) is 11.3 Å². The van der Waals surface area contributed by atoms with Crippen LogP contribution >= 0.6 is 11.6 Å². The fourth-order valence-corrected chi connectivity index (χ4v) is 2.41. The maximum absolute atomic E-state index is 14.1. The molecule has 1 aromatic carbocycles. The van der Waals surface area contributed by atoms with Crippen LogP contribution in [0, 0.1) is 5.82 Å². The highest BCUT2D eigenvalue weighted by Crippen LogP contribution is 2.38. The first kappa shape index (κ1) is 13.4. The molecule has 0 amide bonds. The third-order valence-corrected chi connectivity index (χ3v) is 3.42. The second kappa shape index (κ2) is 5.06. The molecule has 0 radical (unpaired) electrons. The summed E-state index contributed by atoms with van der Waals surface area (Å²) in [7, 11) is 0. The van der Waals surface area contributed by atoms with Crippen LogP contribution in [-0.2, 0) is 0 Å². The first-order valence-electron chi connectivity index (χ1n) is 6.05. The van der Waals surface area contributed by atoms with Crippen LogP contribution in [-0.4, -0.2) is 15.2 Å². The summed E-state index contributed by atoms with van der Waals surface area (Å²) in [6.45, 7) is 0. The van der Waals surface area contributed by atoms with Gasteiger partial charge in [-0.3, -0.25) is 9.89 Å². The van der Waals surface area contributed by atoms with Gasteiger partial charge in [-0.15, -0.1) is 0 Å². The summed E-state index contributed by atoms with van der Waals surface area (Å²) in [4.78, 5) is 14.7. The van der Waals surface area contributed by atoms with E-state index in [2.05, 4.69) is 15.2 Å². The van der Waals surface area contributed by atoms with Crippen molar-refractivity contribution in [2.45, 2.75) is 0 Å². The number of H-pyrrole nitrogens is 2. The molecule has 2 aromatic heterocycles. The fourth-order valence-electron chi connectivity index (χ4n) is 2.15. The molecule has 0 unspecified atom stereocenters. The smallest absolute Gasteiger partial charge is 0.190 e. The van der Waals surface area contributed by atoms with Crippen molar-refractivity contribution in [1.82, 2.24) is 15.2 Å². The maximum atomic E-state index is 14.1. The number of hydrogen-bond donors (Lipinski definition) is 3. The standard InChI is InChI=1S/C14H10ClFN4O/c15-8-2-1-3-9(16)11(8)12-13(19-20-14(12)17)7-6-18-5-4-10(7)21/h1-6H,(H,18,21)(H3,17,19,20). The van der Waals surface area contributed by atoms with E-state index < -0.39 is 5.82 Å². The minimum atomic E-state index is -0.538. The molecule has 0 aliphatic rings. The number of rotatable bonds is 2. The molecular weight excluding hydrogens is 295 g/mol. The number of aromatic nitrogens is 3. The van der Waals surface area contributed by atoms with E-state index in [4.69, 9.17) is 17.3 Å². The van der Waals surface area contributed by atoms with Crippen molar-refractivity contribution >= 4 is 17.4 Å². The van der Waals surface area contributed by atoms with E-state index in [-0.39, 0.29) is 27.4 Å². The third kappa shape index (κ3) is 2.19. The number of aromatic amines is 2. The van der Waals surface area contributed by atoms with Crippen LogP contribution in [0.3, 0.4) is 0 Å². The number of halogens is 2. The van der Waals surface area contributed by atoms with Crippen LogP contribution in [0.2, 0.25) is 5.02 Å². The highest BCUT2D eigenvalue weighted by Gasteiger charge is 2.21. The van der Waals surface area contributed by atoms with Crippen molar-refractivity contribution in [2.75, 3.05) is 5.73 Å². The Morgan fingerprint density at radius 3 is 2.76 bits per heavy atom.